The van der Waals surface area contributed by atoms with Gasteiger partial charge in [-0.1, -0.05) is 0 Å². The molecule has 98 valence electrons. The molecule has 6 nitrogen and oxygen atoms in total. The maximum absolute atomic E-state index is 10.6. The van der Waals surface area contributed by atoms with Crippen LogP contribution in [0.1, 0.15) is 13.8 Å². The van der Waals surface area contributed by atoms with Gasteiger partial charge in [0.2, 0.25) is 0 Å². The average molecular weight is 258 g/mol. The lowest BCUT2D eigenvalue weighted by Gasteiger charge is -2.08. The molecule has 6 heteroatoms. The van der Waals surface area contributed by atoms with Gasteiger partial charge in [0, 0.05) is 23.7 Å². The second-order valence-electron chi connectivity index (χ2n) is 4.41. The number of aromatic nitrogens is 2. The normalized spacial score (nSPS) is 10.5. The summed E-state index contributed by atoms with van der Waals surface area (Å²) in [5, 5.41) is 21.9. The van der Waals surface area contributed by atoms with Crippen LogP contribution in [0.4, 0.5) is 11.5 Å². The highest BCUT2D eigenvalue weighted by Gasteiger charge is 2.06. The van der Waals surface area contributed by atoms with Gasteiger partial charge in [-0.3, -0.25) is 10.1 Å². The Morgan fingerprint density at radius 1 is 1.11 bits per heavy atom. The van der Waals surface area contributed by atoms with Crippen molar-refractivity contribution in [2.75, 3.05) is 5.32 Å². The predicted octanol–water partition coefficient (Wildman–Crippen LogP) is 2.87. The smallest absolute Gasteiger partial charge is 0.269 e. The number of nitrogens with one attached hydrogen (secondary N) is 1. The Hall–Kier alpha value is -2.50. The third-order valence-electron chi connectivity index (χ3n) is 2.47. The van der Waals surface area contributed by atoms with Crippen LogP contribution in [0, 0.1) is 10.1 Å². The maximum atomic E-state index is 10.6. The second kappa shape index (κ2) is 5.43. The van der Waals surface area contributed by atoms with Crippen molar-refractivity contribution in [3.05, 3.63) is 46.5 Å². The molecule has 1 aromatic carbocycles. The van der Waals surface area contributed by atoms with Crippen molar-refractivity contribution >= 4 is 11.5 Å². The zero-order valence-electron chi connectivity index (χ0n) is 10.7. The van der Waals surface area contributed by atoms with E-state index in [9.17, 15) is 10.1 Å². The number of anilines is 1. The minimum atomic E-state index is -0.425. The largest absolute Gasteiger partial charge is 0.366 e. The van der Waals surface area contributed by atoms with Crippen LogP contribution in [0.25, 0.3) is 11.3 Å². The molecule has 1 heterocycles. The van der Waals surface area contributed by atoms with Gasteiger partial charge in [0.25, 0.3) is 5.69 Å². The van der Waals surface area contributed by atoms with E-state index in [1.165, 1.54) is 12.1 Å². The Morgan fingerprint density at radius 2 is 1.79 bits per heavy atom. The van der Waals surface area contributed by atoms with E-state index in [4.69, 9.17) is 0 Å². The molecule has 19 heavy (non-hydrogen) atoms. The van der Waals surface area contributed by atoms with Crippen LogP contribution in [0.5, 0.6) is 0 Å². The van der Waals surface area contributed by atoms with Gasteiger partial charge in [-0.05, 0) is 38.1 Å². The molecule has 1 N–H and O–H groups in total. The fourth-order valence-electron chi connectivity index (χ4n) is 1.61. The van der Waals surface area contributed by atoms with Gasteiger partial charge in [-0.15, -0.1) is 10.2 Å². The van der Waals surface area contributed by atoms with Crippen LogP contribution in [0.3, 0.4) is 0 Å². The van der Waals surface area contributed by atoms with Crippen molar-refractivity contribution in [2.45, 2.75) is 19.9 Å². The van der Waals surface area contributed by atoms with E-state index in [-0.39, 0.29) is 5.69 Å². The number of nitro groups is 1. The highest BCUT2D eigenvalue weighted by molar-refractivity contribution is 5.61. The SMILES string of the molecule is CC(C)Nc1ccc(-c2ccc([N+](=O)[O-])cc2)nn1. The average Bonchev–Trinajstić information content (AvgIpc) is 2.39. The number of hydrogen-bond donors (Lipinski definition) is 1. The Kier molecular flexibility index (Phi) is 3.70. The first-order chi connectivity index (χ1) is 9.06. The van der Waals surface area contributed by atoms with E-state index in [1.807, 2.05) is 26.0 Å². The van der Waals surface area contributed by atoms with Crippen molar-refractivity contribution in [1.29, 1.82) is 0 Å². The number of rotatable bonds is 4. The fourth-order valence-corrected chi connectivity index (χ4v) is 1.61. The van der Waals surface area contributed by atoms with Crippen LogP contribution in [0.15, 0.2) is 36.4 Å². The lowest BCUT2D eigenvalue weighted by Crippen LogP contribution is -2.11. The summed E-state index contributed by atoms with van der Waals surface area (Å²) in [5.74, 6) is 0.709. The van der Waals surface area contributed by atoms with Crippen molar-refractivity contribution in [3.8, 4) is 11.3 Å². The summed E-state index contributed by atoms with van der Waals surface area (Å²) in [7, 11) is 0. The molecule has 0 fully saturated rings. The zero-order valence-corrected chi connectivity index (χ0v) is 10.7. The van der Waals surface area contributed by atoms with Gasteiger partial charge in [-0.2, -0.15) is 0 Å². The summed E-state index contributed by atoms with van der Waals surface area (Å²) in [4.78, 5) is 10.1. The standard InChI is InChI=1S/C13H14N4O2/c1-9(2)14-13-8-7-12(15-16-13)10-3-5-11(6-4-10)17(18)19/h3-9H,1-2H3,(H,14,16). The summed E-state index contributed by atoms with van der Waals surface area (Å²) in [6.07, 6.45) is 0. The first-order valence-electron chi connectivity index (χ1n) is 5.91. The molecule has 0 atom stereocenters. The molecular weight excluding hydrogens is 244 g/mol. The molecule has 0 saturated heterocycles. The van der Waals surface area contributed by atoms with Crippen LogP contribution >= 0.6 is 0 Å². The van der Waals surface area contributed by atoms with Crippen LogP contribution in [0.2, 0.25) is 0 Å². The Bertz CT molecular complexity index is 564. The molecule has 2 rings (SSSR count). The van der Waals surface area contributed by atoms with Crippen molar-refractivity contribution in [1.82, 2.24) is 10.2 Å². The first-order valence-corrected chi connectivity index (χ1v) is 5.91. The quantitative estimate of drug-likeness (QED) is 0.673. The maximum Gasteiger partial charge on any atom is 0.269 e. The third kappa shape index (κ3) is 3.25. The Labute approximate surface area is 110 Å². The molecule has 0 amide bonds. The second-order valence-corrected chi connectivity index (χ2v) is 4.41. The van der Waals surface area contributed by atoms with Crippen molar-refractivity contribution in [3.63, 3.8) is 0 Å². The molecule has 0 spiro atoms. The lowest BCUT2D eigenvalue weighted by atomic mass is 10.1. The topological polar surface area (TPSA) is 81.0 Å². The van der Waals surface area contributed by atoms with Gasteiger partial charge < -0.3 is 5.32 Å². The molecule has 0 unspecified atom stereocenters. The van der Waals surface area contributed by atoms with Gasteiger partial charge in [0.15, 0.2) is 0 Å². The monoisotopic (exact) mass is 258 g/mol. The predicted molar refractivity (Wildman–Crippen MR) is 72.9 cm³/mol. The molecule has 0 saturated carbocycles. The van der Waals surface area contributed by atoms with Gasteiger partial charge >= 0.3 is 0 Å². The molecule has 0 aliphatic rings. The molecule has 0 radical (unpaired) electrons. The van der Waals surface area contributed by atoms with Gasteiger partial charge in [0.1, 0.15) is 5.82 Å². The van der Waals surface area contributed by atoms with Crippen LogP contribution in [-0.2, 0) is 0 Å². The third-order valence-corrected chi connectivity index (χ3v) is 2.47. The van der Waals surface area contributed by atoms with E-state index in [2.05, 4.69) is 15.5 Å². The van der Waals surface area contributed by atoms with E-state index in [1.54, 1.807) is 12.1 Å². The summed E-state index contributed by atoms with van der Waals surface area (Å²) < 4.78 is 0. The Balaban J connectivity index is 2.19. The molecule has 0 bridgehead atoms. The zero-order chi connectivity index (χ0) is 13.8. The fraction of sp³-hybridized carbons (Fsp3) is 0.231. The summed E-state index contributed by atoms with van der Waals surface area (Å²) in [5.41, 5.74) is 1.55. The number of benzene rings is 1. The van der Waals surface area contributed by atoms with Crippen LogP contribution < -0.4 is 5.32 Å². The molecular formula is C13H14N4O2. The molecule has 1 aromatic heterocycles. The molecule has 0 aliphatic carbocycles. The molecule has 2 aromatic rings. The highest BCUT2D eigenvalue weighted by Crippen LogP contribution is 2.20. The van der Waals surface area contributed by atoms with Crippen molar-refractivity contribution < 1.29 is 4.92 Å². The minimum absolute atomic E-state index is 0.0646. The Morgan fingerprint density at radius 3 is 2.26 bits per heavy atom. The number of non-ortho nitro benzene ring substituents is 1. The number of nitrogens with zero attached hydrogens (tertiary/aromatic N) is 3. The van der Waals surface area contributed by atoms with E-state index in [0.717, 1.165) is 5.56 Å². The minimum Gasteiger partial charge on any atom is -0.366 e. The van der Waals surface area contributed by atoms with Gasteiger partial charge in [0.05, 0.1) is 10.6 Å². The summed E-state index contributed by atoms with van der Waals surface area (Å²) >= 11 is 0. The van der Waals surface area contributed by atoms with Crippen molar-refractivity contribution in [2.24, 2.45) is 0 Å². The number of nitro benzene ring substituents is 1. The van der Waals surface area contributed by atoms with Gasteiger partial charge in [-0.25, -0.2) is 0 Å². The summed E-state index contributed by atoms with van der Waals surface area (Å²) in [6, 6.07) is 10.2. The van der Waals surface area contributed by atoms with Crippen LogP contribution in [-0.4, -0.2) is 21.2 Å². The lowest BCUT2D eigenvalue weighted by molar-refractivity contribution is -0.384. The first kappa shape index (κ1) is 12.9. The number of hydrogen-bond acceptors (Lipinski definition) is 5. The molecule has 0 aliphatic heterocycles. The van der Waals surface area contributed by atoms with E-state index in [0.29, 0.717) is 17.6 Å². The summed E-state index contributed by atoms with van der Waals surface area (Å²) in [6.45, 7) is 4.04. The van der Waals surface area contributed by atoms with E-state index < -0.39 is 4.92 Å². The van der Waals surface area contributed by atoms with E-state index >= 15 is 0 Å². The highest BCUT2D eigenvalue weighted by atomic mass is 16.6.